The van der Waals surface area contributed by atoms with Crippen molar-refractivity contribution in [1.29, 1.82) is 0 Å². The maximum Gasteiger partial charge on any atom is 0.0762 e. The van der Waals surface area contributed by atoms with Crippen LogP contribution in [0, 0.1) is 0 Å². The SMILES string of the molecule is OCc1cccc(CNCc2ccn(C3CCCC3)n2)c1. The summed E-state index contributed by atoms with van der Waals surface area (Å²) in [5, 5.41) is 17.2. The van der Waals surface area contributed by atoms with Crippen molar-refractivity contribution in [3.05, 3.63) is 53.3 Å². The van der Waals surface area contributed by atoms with Crippen molar-refractivity contribution in [2.75, 3.05) is 0 Å². The van der Waals surface area contributed by atoms with Crippen LogP contribution in [0.25, 0.3) is 0 Å². The molecule has 3 rings (SSSR count). The summed E-state index contributed by atoms with van der Waals surface area (Å²) in [5.74, 6) is 0. The van der Waals surface area contributed by atoms with E-state index < -0.39 is 0 Å². The molecule has 2 N–H and O–H groups in total. The zero-order chi connectivity index (χ0) is 14.5. The van der Waals surface area contributed by atoms with E-state index in [-0.39, 0.29) is 6.61 Å². The highest BCUT2D eigenvalue weighted by Gasteiger charge is 2.17. The smallest absolute Gasteiger partial charge is 0.0762 e. The quantitative estimate of drug-likeness (QED) is 0.858. The molecular formula is C17H23N3O. The van der Waals surface area contributed by atoms with Crippen LogP contribution in [0.5, 0.6) is 0 Å². The number of hydrogen-bond donors (Lipinski definition) is 2. The third-order valence-corrected chi connectivity index (χ3v) is 4.17. The lowest BCUT2D eigenvalue weighted by molar-refractivity contribution is 0.281. The third-order valence-electron chi connectivity index (χ3n) is 4.17. The summed E-state index contributed by atoms with van der Waals surface area (Å²) in [6.07, 6.45) is 7.31. The Morgan fingerprint density at radius 3 is 2.76 bits per heavy atom. The Bertz CT molecular complexity index is 573. The average Bonchev–Trinajstić information content (AvgIpc) is 3.18. The van der Waals surface area contributed by atoms with Gasteiger partial charge in [-0.2, -0.15) is 5.10 Å². The minimum absolute atomic E-state index is 0.0969. The van der Waals surface area contributed by atoms with Crippen LogP contribution in [0.15, 0.2) is 36.5 Å². The van der Waals surface area contributed by atoms with Crippen molar-refractivity contribution in [3.8, 4) is 0 Å². The van der Waals surface area contributed by atoms with Gasteiger partial charge in [-0.1, -0.05) is 37.1 Å². The fraction of sp³-hybridized carbons (Fsp3) is 0.471. The molecule has 1 aromatic heterocycles. The second kappa shape index (κ2) is 6.87. The monoisotopic (exact) mass is 285 g/mol. The Morgan fingerprint density at radius 1 is 1.14 bits per heavy atom. The first kappa shape index (κ1) is 14.3. The standard InChI is InChI=1S/C17H23N3O/c21-13-15-5-3-4-14(10-15)11-18-12-16-8-9-20(19-16)17-6-1-2-7-17/h3-5,8-10,17-18,21H,1-2,6-7,11-13H2. The molecule has 0 saturated heterocycles. The maximum absolute atomic E-state index is 9.14. The molecule has 1 aliphatic carbocycles. The largest absolute Gasteiger partial charge is 0.392 e. The van der Waals surface area contributed by atoms with Crippen LogP contribution < -0.4 is 5.32 Å². The van der Waals surface area contributed by atoms with Gasteiger partial charge in [-0.05, 0) is 30.0 Å². The predicted molar refractivity (Wildman–Crippen MR) is 82.6 cm³/mol. The van der Waals surface area contributed by atoms with Crippen LogP contribution in [-0.4, -0.2) is 14.9 Å². The molecule has 0 unspecified atom stereocenters. The van der Waals surface area contributed by atoms with E-state index in [1.807, 2.05) is 18.2 Å². The number of nitrogens with zero attached hydrogens (tertiary/aromatic N) is 2. The molecule has 0 atom stereocenters. The molecule has 0 radical (unpaired) electrons. The van der Waals surface area contributed by atoms with Gasteiger partial charge in [0.15, 0.2) is 0 Å². The van der Waals surface area contributed by atoms with Gasteiger partial charge in [0.25, 0.3) is 0 Å². The molecular weight excluding hydrogens is 262 g/mol. The Kier molecular flexibility index (Phi) is 4.68. The molecule has 112 valence electrons. The first-order valence-electron chi connectivity index (χ1n) is 7.78. The highest BCUT2D eigenvalue weighted by Crippen LogP contribution is 2.28. The van der Waals surface area contributed by atoms with Crippen molar-refractivity contribution in [3.63, 3.8) is 0 Å². The summed E-state index contributed by atoms with van der Waals surface area (Å²) in [6.45, 7) is 1.67. The highest BCUT2D eigenvalue weighted by molar-refractivity contribution is 5.22. The third kappa shape index (κ3) is 3.71. The van der Waals surface area contributed by atoms with E-state index in [0.29, 0.717) is 6.04 Å². The van der Waals surface area contributed by atoms with E-state index in [1.54, 1.807) is 0 Å². The van der Waals surface area contributed by atoms with Gasteiger partial charge in [0.2, 0.25) is 0 Å². The number of aromatic nitrogens is 2. The van der Waals surface area contributed by atoms with Crippen LogP contribution in [0.1, 0.15) is 48.5 Å². The summed E-state index contributed by atoms with van der Waals surface area (Å²) >= 11 is 0. The molecule has 1 saturated carbocycles. The number of rotatable bonds is 6. The van der Waals surface area contributed by atoms with E-state index >= 15 is 0 Å². The Hall–Kier alpha value is -1.65. The van der Waals surface area contributed by atoms with E-state index in [9.17, 15) is 0 Å². The molecule has 2 aromatic rings. The number of hydrogen-bond acceptors (Lipinski definition) is 3. The van der Waals surface area contributed by atoms with Gasteiger partial charge in [-0.25, -0.2) is 0 Å². The summed E-state index contributed by atoms with van der Waals surface area (Å²) < 4.78 is 2.14. The molecule has 4 heteroatoms. The molecule has 1 fully saturated rings. The van der Waals surface area contributed by atoms with Crippen molar-refractivity contribution < 1.29 is 5.11 Å². The zero-order valence-electron chi connectivity index (χ0n) is 12.3. The Labute approximate surface area is 125 Å². The average molecular weight is 285 g/mol. The highest BCUT2D eigenvalue weighted by atomic mass is 16.3. The van der Waals surface area contributed by atoms with Gasteiger partial charge in [0.1, 0.15) is 0 Å². The van der Waals surface area contributed by atoms with Gasteiger partial charge in [-0.15, -0.1) is 0 Å². The van der Waals surface area contributed by atoms with Crippen molar-refractivity contribution in [2.45, 2.75) is 51.4 Å². The van der Waals surface area contributed by atoms with Crippen molar-refractivity contribution >= 4 is 0 Å². The van der Waals surface area contributed by atoms with Crippen LogP contribution in [0.2, 0.25) is 0 Å². The molecule has 21 heavy (non-hydrogen) atoms. The summed E-state index contributed by atoms with van der Waals surface area (Å²) in [5.41, 5.74) is 3.25. The minimum Gasteiger partial charge on any atom is -0.392 e. The molecule has 0 amide bonds. The van der Waals surface area contributed by atoms with Crippen molar-refractivity contribution in [2.24, 2.45) is 0 Å². The second-order valence-electron chi connectivity index (χ2n) is 5.81. The number of aliphatic hydroxyl groups excluding tert-OH is 1. The molecule has 1 aromatic carbocycles. The molecule has 1 heterocycles. The van der Waals surface area contributed by atoms with Gasteiger partial charge in [0, 0.05) is 19.3 Å². The number of aliphatic hydroxyl groups is 1. The minimum atomic E-state index is 0.0969. The van der Waals surface area contributed by atoms with E-state index in [4.69, 9.17) is 5.11 Å². The lowest BCUT2D eigenvalue weighted by Gasteiger charge is -2.09. The van der Waals surface area contributed by atoms with Crippen LogP contribution in [0.4, 0.5) is 0 Å². The topological polar surface area (TPSA) is 50.1 Å². The molecule has 1 aliphatic rings. The normalized spacial score (nSPS) is 15.7. The van der Waals surface area contributed by atoms with Gasteiger partial charge >= 0.3 is 0 Å². The molecule has 0 bridgehead atoms. The van der Waals surface area contributed by atoms with Crippen LogP contribution in [0.3, 0.4) is 0 Å². The molecule has 4 nitrogen and oxygen atoms in total. The fourth-order valence-corrected chi connectivity index (χ4v) is 3.02. The fourth-order valence-electron chi connectivity index (χ4n) is 3.02. The first-order chi connectivity index (χ1) is 10.3. The van der Waals surface area contributed by atoms with Gasteiger partial charge < -0.3 is 10.4 Å². The van der Waals surface area contributed by atoms with Crippen molar-refractivity contribution in [1.82, 2.24) is 15.1 Å². The van der Waals surface area contributed by atoms with Gasteiger partial charge in [-0.3, -0.25) is 4.68 Å². The summed E-state index contributed by atoms with van der Waals surface area (Å²) in [4.78, 5) is 0. The Morgan fingerprint density at radius 2 is 1.95 bits per heavy atom. The second-order valence-corrected chi connectivity index (χ2v) is 5.81. The van der Waals surface area contributed by atoms with E-state index in [2.05, 4.69) is 33.4 Å². The number of nitrogens with one attached hydrogen (secondary N) is 1. The Balaban J connectivity index is 1.50. The summed E-state index contributed by atoms with van der Waals surface area (Å²) in [7, 11) is 0. The van der Waals surface area contributed by atoms with Crippen LogP contribution in [-0.2, 0) is 19.7 Å². The zero-order valence-corrected chi connectivity index (χ0v) is 12.3. The summed E-state index contributed by atoms with van der Waals surface area (Å²) in [6, 6.07) is 10.7. The van der Waals surface area contributed by atoms with Crippen LogP contribution >= 0.6 is 0 Å². The maximum atomic E-state index is 9.14. The lowest BCUT2D eigenvalue weighted by Crippen LogP contribution is -2.14. The van der Waals surface area contributed by atoms with Gasteiger partial charge in [0.05, 0.1) is 18.3 Å². The first-order valence-corrected chi connectivity index (χ1v) is 7.78. The molecule has 0 spiro atoms. The van der Waals surface area contributed by atoms with E-state index in [1.165, 1.54) is 31.2 Å². The molecule has 0 aliphatic heterocycles. The number of benzene rings is 1. The lowest BCUT2D eigenvalue weighted by atomic mass is 10.1. The predicted octanol–water partition coefficient (Wildman–Crippen LogP) is 2.78. The van der Waals surface area contributed by atoms with E-state index in [0.717, 1.165) is 24.3 Å².